The highest BCUT2D eigenvalue weighted by atomic mass is 16.5. The van der Waals surface area contributed by atoms with Crippen LogP contribution in [-0.4, -0.2) is 25.7 Å². The van der Waals surface area contributed by atoms with Crippen LogP contribution in [0.25, 0.3) is 0 Å². The maximum atomic E-state index is 11.0. The van der Waals surface area contributed by atoms with Gasteiger partial charge in [0.15, 0.2) is 11.5 Å². The molecule has 92 valence electrons. The van der Waals surface area contributed by atoms with Crippen LogP contribution in [0.3, 0.4) is 0 Å². The third kappa shape index (κ3) is 3.10. The zero-order valence-electron chi connectivity index (χ0n) is 9.57. The quantitative estimate of drug-likeness (QED) is 0.797. The van der Waals surface area contributed by atoms with E-state index in [1.807, 2.05) is 18.2 Å². The largest absolute Gasteiger partial charge is 0.490 e. The van der Waals surface area contributed by atoms with Crippen molar-refractivity contribution in [2.45, 2.75) is 13.0 Å². The van der Waals surface area contributed by atoms with Crippen LogP contribution in [0, 0.1) is 0 Å². The van der Waals surface area contributed by atoms with E-state index < -0.39 is 0 Å². The van der Waals surface area contributed by atoms with E-state index in [1.165, 1.54) is 0 Å². The van der Waals surface area contributed by atoms with Crippen LogP contribution in [0.15, 0.2) is 18.2 Å². The number of hydrogen-bond donors (Lipinski definition) is 2. The van der Waals surface area contributed by atoms with Gasteiger partial charge in [-0.25, -0.2) is 0 Å². The molecule has 0 saturated carbocycles. The van der Waals surface area contributed by atoms with Crippen LogP contribution in [0.5, 0.6) is 11.5 Å². The van der Waals surface area contributed by atoms with Crippen LogP contribution < -0.4 is 20.5 Å². The lowest BCUT2D eigenvalue weighted by Crippen LogP contribution is -2.29. The third-order valence-electron chi connectivity index (χ3n) is 2.49. The van der Waals surface area contributed by atoms with Crippen molar-refractivity contribution < 1.29 is 14.3 Å². The first-order chi connectivity index (χ1) is 8.29. The molecule has 0 aromatic heterocycles. The van der Waals surface area contributed by atoms with Crippen LogP contribution in [0.4, 0.5) is 0 Å². The van der Waals surface area contributed by atoms with Crippen molar-refractivity contribution in [2.24, 2.45) is 5.73 Å². The number of ether oxygens (including phenoxy) is 2. The van der Waals surface area contributed by atoms with Gasteiger partial charge in [-0.15, -0.1) is 0 Å². The molecule has 2 rings (SSSR count). The van der Waals surface area contributed by atoms with Gasteiger partial charge in [0.05, 0.1) is 19.8 Å². The maximum Gasteiger partial charge on any atom is 0.234 e. The molecule has 5 heteroatoms. The van der Waals surface area contributed by atoms with Crippen molar-refractivity contribution in [1.29, 1.82) is 0 Å². The molecule has 0 bridgehead atoms. The van der Waals surface area contributed by atoms with Crippen LogP contribution >= 0.6 is 0 Å². The molecule has 0 spiro atoms. The first-order valence-corrected chi connectivity index (χ1v) is 5.65. The average molecular weight is 236 g/mol. The second kappa shape index (κ2) is 5.54. The Morgan fingerprint density at radius 2 is 2.06 bits per heavy atom. The first kappa shape index (κ1) is 11.7. The molecular formula is C12H16N2O3. The molecule has 1 amide bonds. The monoisotopic (exact) mass is 236 g/mol. The maximum absolute atomic E-state index is 11.0. The minimum absolute atomic E-state index is 0.00452. The lowest BCUT2D eigenvalue weighted by molar-refractivity contribution is -0.119. The standard InChI is InChI=1S/C12H16N2O3/c13-7-12(15)14-8-9-2-3-10-11(6-9)17-5-1-4-16-10/h2-3,6H,1,4-5,7-8,13H2,(H,14,15). The zero-order valence-corrected chi connectivity index (χ0v) is 9.57. The highest BCUT2D eigenvalue weighted by Crippen LogP contribution is 2.30. The summed E-state index contributed by atoms with van der Waals surface area (Å²) in [6.45, 7) is 1.79. The van der Waals surface area contributed by atoms with E-state index in [4.69, 9.17) is 15.2 Å². The molecule has 5 nitrogen and oxygen atoms in total. The molecule has 1 aliphatic rings. The molecule has 0 radical (unpaired) electrons. The number of rotatable bonds is 3. The SMILES string of the molecule is NCC(=O)NCc1ccc2c(c1)OCCCO2. The minimum Gasteiger partial charge on any atom is -0.490 e. The summed E-state index contributed by atoms with van der Waals surface area (Å²) in [7, 11) is 0. The summed E-state index contributed by atoms with van der Waals surface area (Å²) in [4.78, 5) is 11.0. The molecule has 1 aromatic carbocycles. The Morgan fingerprint density at radius 3 is 2.82 bits per heavy atom. The fraction of sp³-hybridized carbons (Fsp3) is 0.417. The van der Waals surface area contributed by atoms with Gasteiger partial charge >= 0.3 is 0 Å². The summed E-state index contributed by atoms with van der Waals surface area (Å²) in [5.74, 6) is 1.33. The Hall–Kier alpha value is -1.75. The van der Waals surface area contributed by atoms with Gasteiger partial charge < -0.3 is 20.5 Å². The zero-order chi connectivity index (χ0) is 12.1. The van der Waals surface area contributed by atoms with Gasteiger partial charge in [0.25, 0.3) is 0 Å². The van der Waals surface area contributed by atoms with Crippen molar-refractivity contribution in [3.63, 3.8) is 0 Å². The molecule has 0 saturated heterocycles. The summed E-state index contributed by atoms with van der Waals surface area (Å²) >= 11 is 0. The summed E-state index contributed by atoms with van der Waals surface area (Å²) in [6.07, 6.45) is 0.883. The second-order valence-corrected chi connectivity index (χ2v) is 3.81. The van der Waals surface area contributed by atoms with Crippen LogP contribution in [0.2, 0.25) is 0 Å². The van der Waals surface area contributed by atoms with E-state index >= 15 is 0 Å². The Kier molecular flexibility index (Phi) is 3.82. The Balaban J connectivity index is 2.04. The molecule has 1 aromatic rings. The van der Waals surface area contributed by atoms with E-state index in [2.05, 4.69) is 5.32 Å². The van der Waals surface area contributed by atoms with E-state index in [9.17, 15) is 4.79 Å². The van der Waals surface area contributed by atoms with E-state index in [0.717, 1.165) is 23.5 Å². The number of nitrogens with two attached hydrogens (primary N) is 1. The molecule has 0 aliphatic carbocycles. The number of fused-ring (bicyclic) bond motifs is 1. The van der Waals surface area contributed by atoms with Crippen molar-refractivity contribution in [3.05, 3.63) is 23.8 Å². The second-order valence-electron chi connectivity index (χ2n) is 3.81. The molecule has 0 fully saturated rings. The minimum atomic E-state index is -0.169. The van der Waals surface area contributed by atoms with Gasteiger partial charge in [-0.05, 0) is 17.7 Å². The topological polar surface area (TPSA) is 73.6 Å². The number of amides is 1. The fourth-order valence-corrected chi connectivity index (χ4v) is 1.59. The lowest BCUT2D eigenvalue weighted by atomic mass is 10.2. The van der Waals surface area contributed by atoms with E-state index in [1.54, 1.807) is 0 Å². The molecule has 17 heavy (non-hydrogen) atoms. The number of carbonyl (C=O) groups is 1. The molecule has 0 unspecified atom stereocenters. The smallest absolute Gasteiger partial charge is 0.234 e. The predicted octanol–water partition coefficient (Wildman–Crippen LogP) is 0.423. The Bertz CT molecular complexity index is 407. The van der Waals surface area contributed by atoms with Crippen molar-refractivity contribution >= 4 is 5.91 Å². The lowest BCUT2D eigenvalue weighted by Gasteiger charge is -2.09. The van der Waals surface area contributed by atoms with Gasteiger partial charge in [0.1, 0.15) is 0 Å². The highest BCUT2D eigenvalue weighted by Gasteiger charge is 2.10. The van der Waals surface area contributed by atoms with Crippen molar-refractivity contribution in [3.8, 4) is 11.5 Å². The van der Waals surface area contributed by atoms with Gasteiger partial charge in [0, 0.05) is 13.0 Å². The van der Waals surface area contributed by atoms with Crippen molar-refractivity contribution in [2.75, 3.05) is 19.8 Å². The molecule has 1 aliphatic heterocycles. The summed E-state index contributed by atoms with van der Waals surface area (Å²) in [6, 6.07) is 5.66. The van der Waals surface area contributed by atoms with E-state index in [-0.39, 0.29) is 12.5 Å². The number of hydrogen-bond acceptors (Lipinski definition) is 4. The number of nitrogens with one attached hydrogen (secondary N) is 1. The molecular weight excluding hydrogens is 220 g/mol. The first-order valence-electron chi connectivity index (χ1n) is 5.65. The number of benzene rings is 1. The summed E-state index contributed by atoms with van der Waals surface area (Å²) in [5.41, 5.74) is 6.18. The van der Waals surface area contributed by atoms with Crippen LogP contribution in [-0.2, 0) is 11.3 Å². The normalized spacial score (nSPS) is 13.9. The van der Waals surface area contributed by atoms with Crippen LogP contribution in [0.1, 0.15) is 12.0 Å². The van der Waals surface area contributed by atoms with E-state index in [0.29, 0.717) is 19.8 Å². The Labute approximate surface area is 99.9 Å². The van der Waals surface area contributed by atoms with Gasteiger partial charge in [-0.1, -0.05) is 6.07 Å². The highest BCUT2D eigenvalue weighted by molar-refractivity contribution is 5.77. The molecule has 0 atom stereocenters. The van der Waals surface area contributed by atoms with Gasteiger partial charge in [-0.2, -0.15) is 0 Å². The average Bonchev–Trinajstić information content (AvgIpc) is 2.60. The third-order valence-corrected chi connectivity index (χ3v) is 2.49. The molecule has 1 heterocycles. The summed E-state index contributed by atoms with van der Waals surface area (Å²) in [5, 5.41) is 2.71. The fourth-order valence-electron chi connectivity index (χ4n) is 1.59. The van der Waals surface area contributed by atoms with Crippen molar-refractivity contribution in [1.82, 2.24) is 5.32 Å². The molecule has 3 N–H and O–H groups in total. The number of carbonyl (C=O) groups excluding carboxylic acids is 1. The summed E-state index contributed by atoms with van der Waals surface area (Å²) < 4.78 is 11.1. The predicted molar refractivity (Wildman–Crippen MR) is 63.0 cm³/mol. The van der Waals surface area contributed by atoms with Gasteiger partial charge in [-0.3, -0.25) is 4.79 Å². The Morgan fingerprint density at radius 1 is 1.29 bits per heavy atom. The van der Waals surface area contributed by atoms with Gasteiger partial charge in [0.2, 0.25) is 5.91 Å².